The summed E-state index contributed by atoms with van der Waals surface area (Å²) in [6.07, 6.45) is 3.01. The van der Waals surface area contributed by atoms with E-state index in [1.807, 2.05) is 27.7 Å². The lowest BCUT2D eigenvalue weighted by atomic mass is 9.90. The molecule has 24 heavy (non-hydrogen) atoms. The lowest BCUT2D eigenvalue weighted by Crippen LogP contribution is -2.54. The minimum atomic E-state index is -0.513. The summed E-state index contributed by atoms with van der Waals surface area (Å²) in [5, 5.41) is 9.15. The molecule has 1 aliphatic heterocycles. The smallest absolute Gasteiger partial charge is 0.251 e. The SMILES string of the molecule is CC(C)(C)NC(=O)c1ccc(NC(=O)C2(C)CCCCN2)cc1.Cl. The summed E-state index contributed by atoms with van der Waals surface area (Å²) in [6.45, 7) is 8.63. The molecule has 1 aromatic rings. The van der Waals surface area contributed by atoms with E-state index in [1.165, 1.54) is 0 Å². The van der Waals surface area contributed by atoms with Gasteiger partial charge in [-0.05, 0) is 77.8 Å². The second-order valence-electron chi connectivity index (χ2n) is 7.45. The Morgan fingerprint density at radius 1 is 1.12 bits per heavy atom. The molecular formula is C18H28ClN3O2. The fraction of sp³-hybridized carbons (Fsp3) is 0.556. The van der Waals surface area contributed by atoms with Gasteiger partial charge in [0.1, 0.15) is 0 Å². The molecule has 134 valence electrons. The van der Waals surface area contributed by atoms with Gasteiger partial charge in [-0.3, -0.25) is 9.59 Å². The number of benzene rings is 1. The molecule has 5 nitrogen and oxygen atoms in total. The summed E-state index contributed by atoms with van der Waals surface area (Å²) in [4.78, 5) is 24.5. The van der Waals surface area contributed by atoms with Crippen LogP contribution in [0, 0.1) is 0 Å². The molecular weight excluding hydrogens is 326 g/mol. The number of rotatable bonds is 3. The van der Waals surface area contributed by atoms with Crippen molar-refractivity contribution in [2.24, 2.45) is 0 Å². The van der Waals surface area contributed by atoms with Crippen LogP contribution in [0.15, 0.2) is 24.3 Å². The molecule has 0 spiro atoms. The standard InChI is InChI=1S/C18H27N3O2.ClH/c1-17(2,3)21-15(22)13-7-9-14(10-8-13)20-16(23)18(4)11-5-6-12-19-18;/h7-10,19H,5-6,11-12H2,1-4H3,(H,20,23)(H,21,22);1H. The van der Waals surface area contributed by atoms with Crippen molar-refractivity contribution in [3.05, 3.63) is 29.8 Å². The fourth-order valence-electron chi connectivity index (χ4n) is 2.64. The van der Waals surface area contributed by atoms with E-state index in [4.69, 9.17) is 0 Å². The molecule has 1 saturated heterocycles. The van der Waals surface area contributed by atoms with Crippen molar-refractivity contribution < 1.29 is 9.59 Å². The third-order valence-electron chi connectivity index (χ3n) is 4.01. The number of carbonyl (C=O) groups excluding carboxylic acids is 2. The fourth-order valence-corrected chi connectivity index (χ4v) is 2.64. The third-order valence-corrected chi connectivity index (χ3v) is 4.01. The van der Waals surface area contributed by atoms with Crippen LogP contribution >= 0.6 is 12.4 Å². The van der Waals surface area contributed by atoms with Gasteiger partial charge in [0.25, 0.3) is 5.91 Å². The summed E-state index contributed by atoms with van der Waals surface area (Å²) in [7, 11) is 0. The molecule has 1 fully saturated rings. The van der Waals surface area contributed by atoms with Crippen molar-refractivity contribution in [2.75, 3.05) is 11.9 Å². The molecule has 0 aromatic heterocycles. The van der Waals surface area contributed by atoms with Gasteiger partial charge >= 0.3 is 0 Å². The molecule has 2 rings (SSSR count). The molecule has 1 atom stereocenters. The number of carbonyl (C=O) groups is 2. The van der Waals surface area contributed by atoms with Gasteiger partial charge in [0.05, 0.1) is 5.54 Å². The normalized spacial score (nSPS) is 20.7. The highest BCUT2D eigenvalue weighted by atomic mass is 35.5. The Labute approximate surface area is 150 Å². The molecule has 3 N–H and O–H groups in total. The number of nitrogens with one attached hydrogen (secondary N) is 3. The molecule has 0 saturated carbocycles. The van der Waals surface area contributed by atoms with E-state index in [2.05, 4.69) is 16.0 Å². The van der Waals surface area contributed by atoms with Gasteiger partial charge in [-0.15, -0.1) is 12.4 Å². The minimum Gasteiger partial charge on any atom is -0.347 e. The summed E-state index contributed by atoms with van der Waals surface area (Å²) >= 11 is 0. The Bertz CT molecular complexity index is 573. The second kappa shape index (κ2) is 7.99. The minimum absolute atomic E-state index is 0. The van der Waals surface area contributed by atoms with Crippen LogP contribution in [0.4, 0.5) is 5.69 Å². The first kappa shape index (κ1) is 20.5. The van der Waals surface area contributed by atoms with Gasteiger partial charge in [-0.1, -0.05) is 0 Å². The van der Waals surface area contributed by atoms with E-state index in [9.17, 15) is 9.59 Å². The van der Waals surface area contributed by atoms with Crippen molar-refractivity contribution in [2.45, 2.75) is 58.0 Å². The quantitative estimate of drug-likeness (QED) is 0.782. The van der Waals surface area contributed by atoms with Crippen LogP contribution < -0.4 is 16.0 Å². The largest absolute Gasteiger partial charge is 0.347 e. The third kappa shape index (κ3) is 5.49. The summed E-state index contributed by atoms with van der Waals surface area (Å²) in [6, 6.07) is 6.99. The first-order valence-corrected chi connectivity index (χ1v) is 8.19. The first-order chi connectivity index (χ1) is 10.7. The average molecular weight is 354 g/mol. The number of hydrogen-bond acceptors (Lipinski definition) is 3. The highest BCUT2D eigenvalue weighted by molar-refractivity contribution is 5.99. The molecule has 1 unspecified atom stereocenters. The number of amides is 2. The number of halogens is 1. The van der Waals surface area contributed by atoms with Gasteiger partial charge in [0.2, 0.25) is 5.91 Å². The number of hydrogen-bond donors (Lipinski definition) is 3. The number of anilines is 1. The van der Waals surface area contributed by atoms with Gasteiger partial charge in [-0.25, -0.2) is 0 Å². The maximum atomic E-state index is 12.4. The Hall–Kier alpha value is -1.59. The van der Waals surface area contributed by atoms with Crippen molar-refractivity contribution in [1.29, 1.82) is 0 Å². The van der Waals surface area contributed by atoms with Crippen molar-refractivity contribution in [3.8, 4) is 0 Å². The monoisotopic (exact) mass is 353 g/mol. The zero-order valence-electron chi connectivity index (χ0n) is 14.9. The van der Waals surface area contributed by atoms with E-state index >= 15 is 0 Å². The molecule has 1 aromatic carbocycles. The van der Waals surface area contributed by atoms with Crippen LogP contribution in [0.2, 0.25) is 0 Å². The Balaban J connectivity index is 0.00000288. The molecule has 2 amide bonds. The summed E-state index contributed by atoms with van der Waals surface area (Å²) < 4.78 is 0. The Morgan fingerprint density at radius 3 is 2.25 bits per heavy atom. The van der Waals surface area contributed by atoms with Crippen LogP contribution in [-0.2, 0) is 4.79 Å². The first-order valence-electron chi connectivity index (χ1n) is 8.19. The van der Waals surface area contributed by atoms with E-state index < -0.39 is 5.54 Å². The van der Waals surface area contributed by atoms with Gasteiger partial charge in [0.15, 0.2) is 0 Å². The van der Waals surface area contributed by atoms with E-state index in [0.717, 1.165) is 25.8 Å². The van der Waals surface area contributed by atoms with Crippen LogP contribution in [0.1, 0.15) is 57.3 Å². The van der Waals surface area contributed by atoms with Crippen LogP contribution in [0.3, 0.4) is 0 Å². The van der Waals surface area contributed by atoms with E-state index in [1.54, 1.807) is 24.3 Å². The van der Waals surface area contributed by atoms with Gasteiger partial charge in [0, 0.05) is 16.8 Å². The predicted molar refractivity (Wildman–Crippen MR) is 99.8 cm³/mol. The topological polar surface area (TPSA) is 70.2 Å². The van der Waals surface area contributed by atoms with Crippen molar-refractivity contribution in [1.82, 2.24) is 10.6 Å². The van der Waals surface area contributed by atoms with Crippen molar-refractivity contribution in [3.63, 3.8) is 0 Å². The highest BCUT2D eigenvalue weighted by Crippen LogP contribution is 2.21. The maximum absolute atomic E-state index is 12.4. The van der Waals surface area contributed by atoms with E-state index in [-0.39, 0.29) is 29.8 Å². The van der Waals surface area contributed by atoms with E-state index in [0.29, 0.717) is 11.3 Å². The Morgan fingerprint density at radius 2 is 1.75 bits per heavy atom. The molecule has 6 heteroatoms. The maximum Gasteiger partial charge on any atom is 0.251 e. The zero-order valence-corrected chi connectivity index (χ0v) is 15.7. The van der Waals surface area contributed by atoms with Gasteiger partial charge < -0.3 is 16.0 Å². The van der Waals surface area contributed by atoms with Gasteiger partial charge in [-0.2, -0.15) is 0 Å². The second-order valence-corrected chi connectivity index (χ2v) is 7.45. The van der Waals surface area contributed by atoms with Crippen LogP contribution in [0.5, 0.6) is 0 Å². The lowest BCUT2D eigenvalue weighted by Gasteiger charge is -2.33. The highest BCUT2D eigenvalue weighted by Gasteiger charge is 2.34. The predicted octanol–water partition coefficient (Wildman–Crippen LogP) is 3.11. The zero-order chi connectivity index (χ0) is 17.1. The molecule has 0 radical (unpaired) electrons. The van der Waals surface area contributed by atoms with Crippen molar-refractivity contribution >= 4 is 29.9 Å². The molecule has 1 aliphatic rings. The lowest BCUT2D eigenvalue weighted by molar-refractivity contribution is -0.122. The van der Waals surface area contributed by atoms with Crippen LogP contribution in [-0.4, -0.2) is 29.4 Å². The Kier molecular flexibility index (Phi) is 6.81. The van der Waals surface area contributed by atoms with Crippen LogP contribution in [0.25, 0.3) is 0 Å². The average Bonchev–Trinajstić information content (AvgIpc) is 2.47. The summed E-state index contributed by atoms with van der Waals surface area (Å²) in [5.74, 6) is -0.139. The number of piperidine rings is 1. The molecule has 0 bridgehead atoms. The summed E-state index contributed by atoms with van der Waals surface area (Å²) in [5.41, 5.74) is 0.502. The molecule has 1 heterocycles. The molecule has 0 aliphatic carbocycles.